The predicted octanol–water partition coefficient (Wildman–Crippen LogP) is 5.01. The summed E-state index contributed by atoms with van der Waals surface area (Å²) in [5, 5.41) is 4.25. The van der Waals surface area contributed by atoms with Crippen molar-refractivity contribution in [1.82, 2.24) is 5.16 Å². The van der Waals surface area contributed by atoms with Crippen molar-refractivity contribution in [3.63, 3.8) is 0 Å². The second kappa shape index (κ2) is 5.50. The molecule has 0 spiro atoms. The van der Waals surface area contributed by atoms with E-state index < -0.39 is 5.82 Å². The Balaban J connectivity index is 2.22. The molecule has 6 heteroatoms. The van der Waals surface area contributed by atoms with Gasteiger partial charge in [0.15, 0.2) is 0 Å². The number of halogens is 2. The number of aromatic nitrogens is 1. The topological polar surface area (TPSA) is 52.0 Å². The molecule has 2 aromatic heterocycles. The number of hydrogen-bond acceptors (Lipinski definition) is 4. The lowest BCUT2D eigenvalue weighted by Gasteiger charge is -2.05. The van der Waals surface area contributed by atoms with E-state index in [0.717, 1.165) is 11.3 Å². The first-order chi connectivity index (χ1) is 10.1. The third-order valence-corrected chi connectivity index (χ3v) is 4.73. The Labute approximate surface area is 130 Å². The Morgan fingerprint density at radius 1 is 1.29 bits per heavy atom. The van der Waals surface area contributed by atoms with Crippen molar-refractivity contribution in [3.05, 3.63) is 46.0 Å². The van der Waals surface area contributed by atoms with E-state index in [1.54, 1.807) is 23.5 Å². The van der Waals surface area contributed by atoms with Gasteiger partial charge in [0.2, 0.25) is 5.88 Å². The van der Waals surface area contributed by atoms with Crippen molar-refractivity contribution in [2.75, 3.05) is 5.73 Å². The molecule has 0 fully saturated rings. The zero-order chi connectivity index (χ0) is 15.0. The number of nitrogen functional groups attached to an aromatic ring is 1. The predicted molar refractivity (Wildman–Crippen MR) is 84.0 cm³/mol. The van der Waals surface area contributed by atoms with Crippen LogP contribution >= 0.6 is 22.9 Å². The van der Waals surface area contributed by atoms with Gasteiger partial charge in [-0.1, -0.05) is 29.7 Å². The minimum Gasteiger partial charge on any atom is -0.367 e. The quantitative estimate of drug-likeness (QED) is 0.737. The molecule has 1 aromatic carbocycles. The highest BCUT2D eigenvalue weighted by molar-refractivity contribution is 7.15. The summed E-state index contributed by atoms with van der Waals surface area (Å²) < 4.78 is 19.2. The molecule has 0 amide bonds. The van der Waals surface area contributed by atoms with Gasteiger partial charge in [0, 0.05) is 10.4 Å². The van der Waals surface area contributed by atoms with Gasteiger partial charge in [-0.3, -0.25) is 0 Å². The van der Waals surface area contributed by atoms with E-state index in [1.165, 1.54) is 10.9 Å². The molecular weight excluding hydrogens is 311 g/mol. The average molecular weight is 323 g/mol. The van der Waals surface area contributed by atoms with Crippen LogP contribution in [0.15, 0.2) is 34.9 Å². The van der Waals surface area contributed by atoms with Gasteiger partial charge in [0.25, 0.3) is 0 Å². The van der Waals surface area contributed by atoms with Crippen LogP contribution in [0.3, 0.4) is 0 Å². The molecule has 0 unspecified atom stereocenters. The number of hydrogen-bond donors (Lipinski definition) is 1. The van der Waals surface area contributed by atoms with Crippen LogP contribution in [0, 0.1) is 5.82 Å². The van der Waals surface area contributed by atoms with Crippen LogP contribution in [0.4, 0.5) is 10.3 Å². The van der Waals surface area contributed by atoms with E-state index >= 15 is 0 Å². The molecular formula is C15H12ClFN2OS. The fourth-order valence-electron chi connectivity index (χ4n) is 2.14. The summed E-state index contributed by atoms with van der Waals surface area (Å²) in [6, 6.07) is 8.44. The van der Waals surface area contributed by atoms with Crippen molar-refractivity contribution in [3.8, 4) is 21.7 Å². The minimum absolute atomic E-state index is 0.0587. The molecule has 3 rings (SSSR count). The maximum absolute atomic E-state index is 14.2. The molecule has 0 atom stereocenters. The van der Waals surface area contributed by atoms with Crippen LogP contribution in [-0.4, -0.2) is 5.16 Å². The second-order valence-electron chi connectivity index (χ2n) is 4.49. The lowest BCUT2D eigenvalue weighted by Crippen LogP contribution is -1.91. The Hall–Kier alpha value is -1.85. The van der Waals surface area contributed by atoms with Gasteiger partial charge in [0.05, 0.1) is 15.5 Å². The number of nitrogens with two attached hydrogens (primary N) is 1. The Morgan fingerprint density at radius 3 is 2.76 bits per heavy atom. The third-order valence-electron chi connectivity index (χ3n) is 3.17. The highest BCUT2D eigenvalue weighted by Crippen LogP contribution is 2.42. The van der Waals surface area contributed by atoms with Crippen molar-refractivity contribution in [1.29, 1.82) is 0 Å². The zero-order valence-electron chi connectivity index (χ0n) is 11.2. The molecule has 3 aromatic rings. The van der Waals surface area contributed by atoms with E-state index in [4.69, 9.17) is 21.9 Å². The van der Waals surface area contributed by atoms with Crippen molar-refractivity contribution in [2.45, 2.75) is 13.3 Å². The molecule has 0 aliphatic carbocycles. The first-order valence-corrected chi connectivity index (χ1v) is 7.60. The van der Waals surface area contributed by atoms with Crippen LogP contribution < -0.4 is 5.73 Å². The number of anilines is 1. The van der Waals surface area contributed by atoms with Crippen LogP contribution in [0.2, 0.25) is 5.02 Å². The molecule has 3 nitrogen and oxygen atoms in total. The van der Waals surface area contributed by atoms with E-state index in [2.05, 4.69) is 12.1 Å². The molecule has 21 heavy (non-hydrogen) atoms. The smallest absolute Gasteiger partial charge is 0.230 e. The standard InChI is InChI=1S/C15H12ClFN2OS/c1-2-8-6-7-11(21-8)14-13(15(18)20-19-14)12-9(16)4-3-5-10(12)17/h3-7H,2,18H2,1H3. The summed E-state index contributed by atoms with van der Waals surface area (Å²) in [6.07, 6.45) is 0.924. The Kier molecular flexibility index (Phi) is 3.69. The highest BCUT2D eigenvalue weighted by Gasteiger charge is 2.23. The zero-order valence-corrected chi connectivity index (χ0v) is 12.8. The van der Waals surface area contributed by atoms with Gasteiger partial charge in [-0.05, 0) is 30.7 Å². The van der Waals surface area contributed by atoms with Gasteiger partial charge in [0.1, 0.15) is 11.5 Å². The van der Waals surface area contributed by atoms with E-state index in [1.807, 2.05) is 12.1 Å². The molecule has 2 heterocycles. The van der Waals surface area contributed by atoms with Crippen LogP contribution in [0.5, 0.6) is 0 Å². The highest BCUT2D eigenvalue weighted by atomic mass is 35.5. The van der Waals surface area contributed by atoms with Crippen LogP contribution in [-0.2, 0) is 6.42 Å². The summed E-state index contributed by atoms with van der Waals surface area (Å²) in [6.45, 7) is 2.07. The normalized spacial score (nSPS) is 11.0. The van der Waals surface area contributed by atoms with Crippen molar-refractivity contribution in [2.24, 2.45) is 0 Å². The molecule has 0 aliphatic heterocycles. The summed E-state index contributed by atoms with van der Waals surface area (Å²) in [4.78, 5) is 2.08. The Bertz CT molecular complexity index is 777. The lowest BCUT2D eigenvalue weighted by molar-refractivity contribution is 0.439. The molecule has 0 radical (unpaired) electrons. The van der Waals surface area contributed by atoms with Gasteiger partial charge in [-0.15, -0.1) is 11.3 Å². The summed E-state index contributed by atoms with van der Waals surface area (Å²) in [5.74, 6) is -0.394. The van der Waals surface area contributed by atoms with E-state index in [9.17, 15) is 4.39 Å². The van der Waals surface area contributed by atoms with Crippen LogP contribution in [0.1, 0.15) is 11.8 Å². The fraction of sp³-hybridized carbons (Fsp3) is 0.133. The van der Waals surface area contributed by atoms with Crippen molar-refractivity contribution < 1.29 is 8.91 Å². The summed E-state index contributed by atoms with van der Waals surface area (Å²) >= 11 is 7.70. The van der Waals surface area contributed by atoms with Gasteiger partial charge < -0.3 is 10.3 Å². The van der Waals surface area contributed by atoms with Crippen LogP contribution in [0.25, 0.3) is 21.7 Å². The minimum atomic E-state index is -0.453. The SMILES string of the molecule is CCc1ccc(-c2noc(N)c2-c2c(F)cccc2Cl)s1. The Morgan fingerprint density at radius 2 is 2.10 bits per heavy atom. The number of rotatable bonds is 3. The first kappa shape index (κ1) is 14.1. The van der Waals surface area contributed by atoms with E-state index in [-0.39, 0.29) is 16.5 Å². The fourth-order valence-corrected chi connectivity index (χ4v) is 3.34. The molecule has 0 saturated carbocycles. The lowest BCUT2D eigenvalue weighted by atomic mass is 10.0. The molecule has 0 aliphatic rings. The van der Waals surface area contributed by atoms with Gasteiger partial charge in [-0.2, -0.15) is 0 Å². The molecule has 0 bridgehead atoms. The number of thiophene rings is 1. The summed E-state index contributed by atoms with van der Waals surface area (Å²) in [5.41, 5.74) is 6.98. The third kappa shape index (κ3) is 2.43. The molecule has 108 valence electrons. The number of nitrogens with zero attached hydrogens (tertiary/aromatic N) is 1. The largest absolute Gasteiger partial charge is 0.367 e. The van der Waals surface area contributed by atoms with E-state index in [0.29, 0.717) is 11.3 Å². The molecule has 2 N–H and O–H groups in total. The second-order valence-corrected chi connectivity index (χ2v) is 6.06. The first-order valence-electron chi connectivity index (χ1n) is 6.40. The van der Waals surface area contributed by atoms with Crippen molar-refractivity contribution >= 4 is 28.8 Å². The van der Waals surface area contributed by atoms with Gasteiger partial charge >= 0.3 is 0 Å². The maximum Gasteiger partial charge on any atom is 0.230 e. The summed E-state index contributed by atoms with van der Waals surface area (Å²) in [7, 11) is 0. The maximum atomic E-state index is 14.2. The number of benzene rings is 1. The monoisotopic (exact) mass is 322 g/mol. The number of aryl methyl sites for hydroxylation is 1. The average Bonchev–Trinajstić information content (AvgIpc) is 3.06. The molecule has 0 saturated heterocycles. The van der Waals surface area contributed by atoms with Gasteiger partial charge in [-0.25, -0.2) is 4.39 Å².